The first-order valence-corrected chi connectivity index (χ1v) is 11.4. The summed E-state index contributed by atoms with van der Waals surface area (Å²) >= 11 is 12.2. The van der Waals surface area contributed by atoms with Crippen molar-refractivity contribution in [2.24, 2.45) is 11.0 Å². The van der Waals surface area contributed by atoms with Crippen LogP contribution in [-0.2, 0) is 0 Å². The lowest BCUT2D eigenvalue weighted by Gasteiger charge is -2.29. The van der Waals surface area contributed by atoms with Crippen LogP contribution in [-0.4, -0.2) is 21.6 Å². The molecule has 3 aromatic rings. The van der Waals surface area contributed by atoms with Gasteiger partial charge in [0.15, 0.2) is 0 Å². The van der Waals surface area contributed by atoms with Crippen LogP contribution in [0.1, 0.15) is 46.8 Å². The molecule has 32 heavy (non-hydrogen) atoms. The normalized spacial score (nSPS) is 21.4. The molecule has 1 fully saturated rings. The minimum Gasteiger partial charge on any atom is -0.267 e. The molecule has 4 nitrogen and oxygen atoms in total. The summed E-state index contributed by atoms with van der Waals surface area (Å²) in [5, 5.41) is 7.93. The summed E-state index contributed by atoms with van der Waals surface area (Å²) in [5.74, 6) is -0.0186. The predicted molar refractivity (Wildman–Crippen MR) is 129 cm³/mol. The van der Waals surface area contributed by atoms with Gasteiger partial charge in [-0.3, -0.25) is 9.78 Å². The smallest absolute Gasteiger partial charge is 0.267 e. The van der Waals surface area contributed by atoms with Gasteiger partial charge in [0.2, 0.25) is 0 Å². The van der Waals surface area contributed by atoms with E-state index < -0.39 is 0 Å². The van der Waals surface area contributed by atoms with Gasteiger partial charge in [0.25, 0.3) is 5.91 Å². The summed E-state index contributed by atoms with van der Waals surface area (Å²) in [4.78, 5) is 17.6. The second-order valence-corrected chi connectivity index (χ2v) is 8.97. The van der Waals surface area contributed by atoms with Gasteiger partial charge in [-0.05, 0) is 78.4 Å². The number of hydrogen-bond donors (Lipinski definition) is 0. The maximum atomic E-state index is 13.5. The van der Waals surface area contributed by atoms with E-state index in [1.807, 2.05) is 48.5 Å². The molecule has 0 radical (unpaired) electrons. The van der Waals surface area contributed by atoms with Crippen LogP contribution < -0.4 is 0 Å². The standard InChI is InChI=1S/C26H21Cl2N3O/c27-21-10-6-17(7-11-21)15-19-3-1-5-23-24(19)30-31(26(32)20-4-2-14-29-16-20)25(23)18-8-12-22(28)13-9-18/h2,4,6-16,23,25H,1,3,5H2/b19-15-. The second kappa shape index (κ2) is 8.89. The third-order valence-corrected chi connectivity index (χ3v) is 6.54. The van der Waals surface area contributed by atoms with Gasteiger partial charge >= 0.3 is 0 Å². The van der Waals surface area contributed by atoms with Crippen molar-refractivity contribution < 1.29 is 4.79 Å². The van der Waals surface area contributed by atoms with Gasteiger partial charge in [-0.1, -0.05) is 47.5 Å². The second-order valence-electron chi connectivity index (χ2n) is 8.09. The molecule has 0 saturated heterocycles. The summed E-state index contributed by atoms with van der Waals surface area (Å²) in [5.41, 5.74) is 4.79. The van der Waals surface area contributed by atoms with E-state index >= 15 is 0 Å². The Morgan fingerprint density at radius 1 is 1.00 bits per heavy atom. The molecular formula is C26H21Cl2N3O. The van der Waals surface area contributed by atoms with Crippen molar-refractivity contribution in [3.8, 4) is 0 Å². The highest BCUT2D eigenvalue weighted by Gasteiger charge is 2.43. The number of hydrazone groups is 1. The minimum absolute atomic E-state index is 0.129. The van der Waals surface area contributed by atoms with Gasteiger partial charge in [-0.2, -0.15) is 5.10 Å². The van der Waals surface area contributed by atoms with E-state index in [2.05, 4.69) is 11.1 Å². The minimum atomic E-state index is -0.177. The van der Waals surface area contributed by atoms with E-state index in [0.29, 0.717) is 15.6 Å². The predicted octanol–water partition coefficient (Wildman–Crippen LogP) is 6.83. The fourth-order valence-electron chi connectivity index (χ4n) is 4.54. The highest BCUT2D eigenvalue weighted by atomic mass is 35.5. The first-order valence-electron chi connectivity index (χ1n) is 10.6. The Labute approximate surface area is 197 Å². The Morgan fingerprint density at radius 2 is 1.72 bits per heavy atom. The Bertz CT molecular complexity index is 1190. The van der Waals surface area contributed by atoms with Crippen LogP contribution in [0.4, 0.5) is 0 Å². The van der Waals surface area contributed by atoms with Gasteiger partial charge in [-0.25, -0.2) is 5.01 Å². The molecule has 2 heterocycles. The van der Waals surface area contributed by atoms with Crippen molar-refractivity contribution in [3.05, 3.63) is 105 Å². The van der Waals surface area contributed by atoms with Crippen molar-refractivity contribution >= 4 is 40.9 Å². The van der Waals surface area contributed by atoms with Gasteiger partial charge in [0.1, 0.15) is 0 Å². The number of benzene rings is 2. The van der Waals surface area contributed by atoms with E-state index in [1.165, 1.54) is 5.57 Å². The zero-order valence-electron chi connectivity index (χ0n) is 17.3. The topological polar surface area (TPSA) is 45.6 Å². The molecule has 0 N–H and O–H groups in total. The lowest BCUT2D eigenvalue weighted by molar-refractivity contribution is 0.0680. The molecule has 0 spiro atoms. The summed E-state index contributed by atoms with van der Waals surface area (Å²) in [6, 6.07) is 18.9. The Hall–Kier alpha value is -2.95. The molecule has 5 rings (SSSR count). The molecule has 1 aliphatic heterocycles. The Kier molecular flexibility index (Phi) is 5.81. The zero-order valence-corrected chi connectivity index (χ0v) is 18.8. The number of fused-ring (bicyclic) bond motifs is 1. The lowest BCUT2D eigenvalue weighted by atomic mass is 9.77. The van der Waals surface area contributed by atoms with Crippen LogP contribution in [0.2, 0.25) is 10.0 Å². The molecule has 1 amide bonds. The molecule has 160 valence electrons. The fraction of sp³-hybridized carbons (Fsp3) is 0.192. The lowest BCUT2D eigenvalue weighted by Crippen LogP contribution is -2.32. The summed E-state index contributed by atoms with van der Waals surface area (Å²) in [6.45, 7) is 0. The number of hydrogen-bond acceptors (Lipinski definition) is 3. The van der Waals surface area contributed by atoms with Gasteiger partial charge in [0, 0.05) is 28.4 Å². The zero-order chi connectivity index (χ0) is 22.1. The monoisotopic (exact) mass is 461 g/mol. The van der Waals surface area contributed by atoms with Crippen LogP contribution >= 0.6 is 23.2 Å². The molecule has 2 aliphatic rings. The van der Waals surface area contributed by atoms with E-state index in [4.69, 9.17) is 28.3 Å². The summed E-state index contributed by atoms with van der Waals surface area (Å²) in [6.07, 6.45) is 8.37. The maximum absolute atomic E-state index is 13.5. The molecule has 6 heteroatoms. The molecule has 0 bridgehead atoms. The maximum Gasteiger partial charge on any atom is 0.276 e. The summed E-state index contributed by atoms with van der Waals surface area (Å²) < 4.78 is 0. The van der Waals surface area contributed by atoms with Crippen molar-refractivity contribution in [2.45, 2.75) is 25.3 Å². The van der Waals surface area contributed by atoms with E-state index in [0.717, 1.165) is 36.1 Å². The van der Waals surface area contributed by atoms with Crippen molar-refractivity contribution in [1.82, 2.24) is 9.99 Å². The first-order chi connectivity index (χ1) is 15.6. The number of carbonyl (C=O) groups is 1. The number of amides is 1. The van der Waals surface area contributed by atoms with Crippen LogP contribution in [0, 0.1) is 5.92 Å². The van der Waals surface area contributed by atoms with Crippen LogP contribution in [0.25, 0.3) is 6.08 Å². The molecule has 2 unspecified atom stereocenters. The van der Waals surface area contributed by atoms with Crippen LogP contribution in [0.5, 0.6) is 0 Å². The molecular weight excluding hydrogens is 441 g/mol. The van der Waals surface area contributed by atoms with Crippen molar-refractivity contribution in [2.75, 3.05) is 0 Å². The number of nitrogens with zero attached hydrogens (tertiary/aromatic N) is 3. The largest absolute Gasteiger partial charge is 0.276 e. The Morgan fingerprint density at radius 3 is 2.41 bits per heavy atom. The average Bonchev–Trinajstić information content (AvgIpc) is 3.22. The third kappa shape index (κ3) is 4.08. The quantitative estimate of drug-likeness (QED) is 0.429. The van der Waals surface area contributed by atoms with E-state index in [1.54, 1.807) is 29.5 Å². The van der Waals surface area contributed by atoms with Gasteiger partial charge < -0.3 is 0 Å². The number of pyridine rings is 1. The molecule has 1 aromatic heterocycles. The number of aromatic nitrogens is 1. The highest BCUT2D eigenvalue weighted by Crippen LogP contribution is 2.45. The fourth-order valence-corrected chi connectivity index (χ4v) is 4.79. The number of allylic oxidation sites excluding steroid dienone is 1. The molecule has 1 saturated carbocycles. The van der Waals surface area contributed by atoms with Crippen molar-refractivity contribution in [3.63, 3.8) is 0 Å². The molecule has 2 atom stereocenters. The Balaban J connectivity index is 1.57. The van der Waals surface area contributed by atoms with Gasteiger partial charge in [0.05, 0.1) is 17.3 Å². The van der Waals surface area contributed by atoms with Gasteiger partial charge in [-0.15, -0.1) is 0 Å². The van der Waals surface area contributed by atoms with E-state index in [-0.39, 0.29) is 17.9 Å². The number of halogens is 2. The van der Waals surface area contributed by atoms with Crippen molar-refractivity contribution in [1.29, 1.82) is 0 Å². The summed E-state index contributed by atoms with van der Waals surface area (Å²) in [7, 11) is 0. The van der Waals surface area contributed by atoms with Crippen LogP contribution in [0.15, 0.2) is 83.7 Å². The van der Waals surface area contributed by atoms with E-state index in [9.17, 15) is 4.79 Å². The number of rotatable bonds is 3. The molecule has 2 aromatic carbocycles. The number of carbonyl (C=O) groups excluding carboxylic acids is 1. The SMILES string of the molecule is O=C(c1cccnc1)N1N=C2/C(=C\c3ccc(Cl)cc3)CCCC2C1c1ccc(Cl)cc1. The third-order valence-electron chi connectivity index (χ3n) is 6.04. The first kappa shape index (κ1) is 20.9. The molecule has 1 aliphatic carbocycles. The highest BCUT2D eigenvalue weighted by molar-refractivity contribution is 6.30. The van der Waals surface area contributed by atoms with Crippen LogP contribution in [0.3, 0.4) is 0 Å². The average molecular weight is 462 g/mol.